The van der Waals surface area contributed by atoms with Crippen molar-refractivity contribution >= 4 is 11.3 Å². The van der Waals surface area contributed by atoms with Crippen molar-refractivity contribution in [2.24, 2.45) is 0 Å². The Morgan fingerprint density at radius 1 is 1.00 bits per heavy atom. The fraction of sp³-hybridized carbons (Fsp3) is 0.0769. The predicted molar refractivity (Wildman–Crippen MR) is 71.1 cm³/mol. The molecule has 0 aromatic carbocycles. The van der Waals surface area contributed by atoms with Gasteiger partial charge in [0.2, 0.25) is 0 Å². The van der Waals surface area contributed by atoms with Crippen LogP contribution in [0.5, 0.6) is 0 Å². The summed E-state index contributed by atoms with van der Waals surface area (Å²) in [5, 5.41) is 2.90. The van der Waals surface area contributed by atoms with Gasteiger partial charge in [0.25, 0.3) is 0 Å². The van der Waals surface area contributed by atoms with Gasteiger partial charge in [-0.05, 0) is 18.6 Å². The average molecular weight is 254 g/mol. The molecular weight excluding hydrogens is 244 g/mol. The lowest BCUT2D eigenvalue weighted by Gasteiger charge is -1.99. The van der Waals surface area contributed by atoms with E-state index in [1.807, 2.05) is 17.6 Å². The Kier molecular flexibility index (Phi) is 2.82. The summed E-state index contributed by atoms with van der Waals surface area (Å²) in [7, 11) is 0. The van der Waals surface area contributed by atoms with E-state index in [9.17, 15) is 0 Å². The molecule has 0 aliphatic heterocycles. The Morgan fingerprint density at radius 2 is 1.89 bits per heavy atom. The molecule has 3 heterocycles. The van der Waals surface area contributed by atoms with Crippen LogP contribution in [0, 0.1) is 6.92 Å². The minimum absolute atomic E-state index is 0.801. The zero-order chi connectivity index (χ0) is 12.4. The number of pyridine rings is 1. The van der Waals surface area contributed by atoms with Crippen LogP contribution in [-0.2, 0) is 0 Å². The summed E-state index contributed by atoms with van der Waals surface area (Å²) in [5.41, 5.74) is 3.96. The van der Waals surface area contributed by atoms with Crippen LogP contribution in [-0.4, -0.2) is 19.9 Å². The zero-order valence-corrected chi connectivity index (χ0v) is 10.6. The standard InChI is InChI=1S/C13H10N4S/c1-9-2-3-14-6-10(9)12-8-18-13(17-12)11-7-15-4-5-16-11/h2-8H,1H3. The van der Waals surface area contributed by atoms with E-state index >= 15 is 0 Å². The molecule has 0 bridgehead atoms. The molecule has 0 N–H and O–H groups in total. The van der Waals surface area contributed by atoms with Crippen LogP contribution in [0.3, 0.4) is 0 Å². The van der Waals surface area contributed by atoms with E-state index in [-0.39, 0.29) is 0 Å². The minimum atomic E-state index is 0.801. The first-order valence-corrected chi connectivity index (χ1v) is 6.35. The highest BCUT2D eigenvalue weighted by Crippen LogP contribution is 2.28. The maximum atomic E-state index is 4.59. The summed E-state index contributed by atoms with van der Waals surface area (Å²) in [4.78, 5) is 17.0. The molecule has 3 rings (SSSR count). The van der Waals surface area contributed by atoms with Crippen molar-refractivity contribution in [1.82, 2.24) is 19.9 Å². The summed E-state index contributed by atoms with van der Waals surface area (Å²) in [5.74, 6) is 0. The van der Waals surface area contributed by atoms with Gasteiger partial charge in [0, 0.05) is 35.7 Å². The first-order valence-electron chi connectivity index (χ1n) is 5.47. The van der Waals surface area contributed by atoms with Crippen LogP contribution < -0.4 is 0 Å². The van der Waals surface area contributed by atoms with E-state index in [1.54, 1.807) is 36.1 Å². The summed E-state index contributed by atoms with van der Waals surface area (Å²) in [6, 6.07) is 1.98. The molecule has 4 nitrogen and oxygen atoms in total. The number of aryl methyl sites for hydroxylation is 1. The molecule has 0 atom stereocenters. The van der Waals surface area contributed by atoms with Crippen molar-refractivity contribution in [3.63, 3.8) is 0 Å². The molecule has 0 unspecified atom stereocenters. The first-order chi connectivity index (χ1) is 8.84. The van der Waals surface area contributed by atoms with Gasteiger partial charge in [0.05, 0.1) is 11.9 Å². The third kappa shape index (κ3) is 2.00. The molecule has 0 saturated heterocycles. The number of hydrogen-bond acceptors (Lipinski definition) is 5. The lowest BCUT2D eigenvalue weighted by Crippen LogP contribution is -1.86. The second-order valence-electron chi connectivity index (χ2n) is 3.82. The van der Waals surface area contributed by atoms with Gasteiger partial charge in [-0.1, -0.05) is 0 Å². The SMILES string of the molecule is Cc1ccncc1-c1csc(-c2cnccn2)n1. The van der Waals surface area contributed by atoms with Crippen molar-refractivity contribution < 1.29 is 0 Å². The minimum Gasteiger partial charge on any atom is -0.264 e. The monoisotopic (exact) mass is 254 g/mol. The summed E-state index contributed by atoms with van der Waals surface area (Å²) in [6.45, 7) is 2.05. The molecule has 0 saturated carbocycles. The lowest BCUT2D eigenvalue weighted by atomic mass is 10.1. The second kappa shape index (κ2) is 4.62. The second-order valence-corrected chi connectivity index (χ2v) is 4.68. The summed E-state index contributed by atoms with van der Waals surface area (Å²) >= 11 is 1.56. The lowest BCUT2D eigenvalue weighted by molar-refractivity contribution is 1.19. The largest absolute Gasteiger partial charge is 0.264 e. The van der Waals surface area contributed by atoms with E-state index < -0.39 is 0 Å². The molecule has 0 fully saturated rings. The Labute approximate surface area is 108 Å². The molecule has 5 heteroatoms. The Bertz CT molecular complexity index is 664. The molecule has 0 spiro atoms. The Morgan fingerprint density at radius 3 is 2.67 bits per heavy atom. The Hall–Kier alpha value is -2.14. The summed E-state index contributed by atoms with van der Waals surface area (Å²) in [6.07, 6.45) is 8.67. The molecule has 3 aromatic heterocycles. The van der Waals surface area contributed by atoms with Crippen molar-refractivity contribution in [2.75, 3.05) is 0 Å². The quantitative estimate of drug-likeness (QED) is 0.705. The van der Waals surface area contributed by atoms with Crippen LogP contribution in [0.4, 0.5) is 0 Å². The molecule has 18 heavy (non-hydrogen) atoms. The van der Waals surface area contributed by atoms with Gasteiger partial charge >= 0.3 is 0 Å². The normalized spacial score (nSPS) is 10.5. The van der Waals surface area contributed by atoms with Gasteiger partial charge < -0.3 is 0 Å². The average Bonchev–Trinajstić information content (AvgIpc) is 2.90. The van der Waals surface area contributed by atoms with Crippen molar-refractivity contribution in [1.29, 1.82) is 0 Å². The molecule has 0 amide bonds. The van der Waals surface area contributed by atoms with Crippen molar-refractivity contribution in [3.8, 4) is 22.0 Å². The maximum absolute atomic E-state index is 4.59. The van der Waals surface area contributed by atoms with Gasteiger partial charge in [-0.2, -0.15) is 0 Å². The highest BCUT2D eigenvalue weighted by atomic mass is 32.1. The molecule has 88 valence electrons. The highest BCUT2D eigenvalue weighted by molar-refractivity contribution is 7.13. The maximum Gasteiger partial charge on any atom is 0.144 e. The number of rotatable bonds is 2. The van der Waals surface area contributed by atoms with E-state index in [4.69, 9.17) is 0 Å². The number of thiazole rings is 1. The number of aromatic nitrogens is 4. The van der Waals surface area contributed by atoms with Gasteiger partial charge in [-0.25, -0.2) is 4.98 Å². The highest BCUT2D eigenvalue weighted by Gasteiger charge is 2.09. The summed E-state index contributed by atoms with van der Waals surface area (Å²) < 4.78 is 0. The third-order valence-corrected chi connectivity index (χ3v) is 3.47. The first kappa shape index (κ1) is 11.0. The number of hydrogen-bond donors (Lipinski definition) is 0. The van der Waals surface area contributed by atoms with Gasteiger partial charge in [0.15, 0.2) is 0 Å². The van der Waals surface area contributed by atoms with Crippen LogP contribution in [0.15, 0.2) is 42.4 Å². The van der Waals surface area contributed by atoms with E-state index in [0.29, 0.717) is 0 Å². The van der Waals surface area contributed by atoms with Crippen LogP contribution in [0.25, 0.3) is 22.0 Å². The molecule has 3 aromatic rings. The smallest absolute Gasteiger partial charge is 0.144 e. The zero-order valence-electron chi connectivity index (χ0n) is 9.74. The van der Waals surface area contributed by atoms with Crippen LogP contribution >= 0.6 is 11.3 Å². The molecule has 0 aliphatic rings. The topological polar surface area (TPSA) is 51.6 Å². The van der Waals surface area contributed by atoms with Gasteiger partial charge in [-0.15, -0.1) is 11.3 Å². The van der Waals surface area contributed by atoms with Crippen LogP contribution in [0.1, 0.15) is 5.56 Å². The number of nitrogens with zero attached hydrogens (tertiary/aromatic N) is 4. The van der Waals surface area contributed by atoms with Gasteiger partial charge in [0.1, 0.15) is 10.7 Å². The predicted octanol–water partition coefficient (Wildman–Crippen LogP) is 2.97. The fourth-order valence-corrected chi connectivity index (χ4v) is 2.44. The fourth-order valence-electron chi connectivity index (χ4n) is 1.66. The van der Waals surface area contributed by atoms with Gasteiger partial charge in [-0.3, -0.25) is 15.0 Å². The van der Waals surface area contributed by atoms with Crippen molar-refractivity contribution in [2.45, 2.75) is 6.92 Å². The molecule has 0 radical (unpaired) electrons. The van der Waals surface area contributed by atoms with E-state index in [0.717, 1.165) is 22.0 Å². The molecular formula is C13H10N4S. The van der Waals surface area contributed by atoms with E-state index in [2.05, 4.69) is 26.9 Å². The molecule has 0 aliphatic carbocycles. The van der Waals surface area contributed by atoms with Crippen molar-refractivity contribution in [3.05, 3.63) is 48.0 Å². The third-order valence-electron chi connectivity index (χ3n) is 2.60. The Balaban J connectivity index is 2.03. The van der Waals surface area contributed by atoms with Crippen LogP contribution in [0.2, 0.25) is 0 Å². The van der Waals surface area contributed by atoms with E-state index in [1.165, 1.54) is 5.56 Å².